The topological polar surface area (TPSA) is 71.2 Å². The van der Waals surface area contributed by atoms with Crippen molar-refractivity contribution in [2.45, 2.75) is 26.3 Å². The van der Waals surface area contributed by atoms with Gasteiger partial charge in [0.25, 0.3) is 0 Å². The molecule has 5 heteroatoms. The fraction of sp³-hybridized carbons (Fsp3) is 0.375. The van der Waals surface area contributed by atoms with Crippen molar-refractivity contribution in [3.8, 4) is 0 Å². The number of H-pyrrole nitrogens is 1. The van der Waals surface area contributed by atoms with Crippen LogP contribution in [-0.4, -0.2) is 30.0 Å². The van der Waals surface area contributed by atoms with Crippen LogP contribution in [0, 0.1) is 5.92 Å². The predicted octanol–water partition coefficient (Wildman–Crippen LogP) is 2.66. The van der Waals surface area contributed by atoms with E-state index in [1.54, 1.807) is 0 Å². The third-order valence-electron chi connectivity index (χ3n) is 3.49. The van der Waals surface area contributed by atoms with E-state index in [9.17, 15) is 9.59 Å². The van der Waals surface area contributed by atoms with Gasteiger partial charge in [-0.3, -0.25) is 4.79 Å². The van der Waals surface area contributed by atoms with Gasteiger partial charge >= 0.3 is 6.09 Å². The number of amides is 1. The largest absolute Gasteiger partial charge is 0.453 e. The third kappa shape index (κ3) is 3.42. The number of aromatic amines is 1. The van der Waals surface area contributed by atoms with Gasteiger partial charge in [0.2, 0.25) is 0 Å². The van der Waals surface area contributed by atoms with Gasteiger partial charge in [-0.1, -0.05) is 32.0 Å². The van der Waals surface area contributed by atoms with Gasteiger partial charge in [0.1, 0.15) is 0 Å². The SMILES string of the molecule is COC(=O)NC(Cc1c[nH]c2ccccc12)C(=O)C(C)C. The Morgan fingerprint density at radius 2 is 2.00 bits per heavy atom. The Hall–Kier alpha value is -2.30. The number of ether oxygens (including phenoxy) is 1. The van der Waals surface area contributed by atoms with E-state index in [2.05, 4.69) is 15.0 Å². The average Bonchev–Trinajstić information content (AvgIpc) is 2.88. The molecule has 1 atom stereocenters. The van der Waals surface area contributed by atoms with Crippen LogP contribution in [0.5, 0.6) is 0 Å². The van der Waals surface area contributed by atoms with E-state index >= 15 is 0 Å². The normalized spacial score (nSPS) is 12.4. The Labute approximate surface area is 123 Å². The summed E-state index contributed by atoms with van der Waals surface area (Å²) in [7, 11) is 1.29. The molecule has 1 unspecified atom stereocenters. The number of nitrogens with one attached hydrogen (secondary N) is 2. The molecule has 1 aromatic carbocycles. The smallest absolute Gasteiger partial charge is 0.407 e. The number of rotatable bonds is 5. The molecule has 0 aliphatic carbocycles. The van der Waals surface area contributed by atoms with Crippen LogP contribution in [0.1, 0.15) is 19.4 Å². The lowest BCUT2D eigenvalue weighted by Crippen LogP contribution is -2.44. The molecule has 1 heterocycles. The van der Waals surface area contributed by atoms with Crippen molar-refractivity contribution in [3.05, 3.63) is 36.0 Å². The van der Waals surface area contributed by atoms with Crippen LogP contribution in [0.15, 0.2) is 30.5 Å². The monoisotopic (exact) mass is 288 g/mol. The van der Waals surface area contributed by atoms with Crippen LogP contribution < -0.4 is 5.32 Å². The number of fused-ring (bicyclic) bond motifs is 1. The number of hydrogen-bond donors (Lipinski definition) is 2. The summed E-state index contributed by atoms with van der Waals surface area (Å²) in [6.07, 6.45) is 1.73. The second-order valence-electron chi connectivity index (χ2n) is 5.31. The molecule has 1 aromatic heterocycles. The van der Waals surface area contributed by atoms with Crippen molar-refractivity contribution in [2.75, 3.05) is 7.11 Å². The maximum absolute atomic E-state index is 12.3. The van der Waals surface area contributed by atoms with Crippen LogP contribution in [0.3, 0.4) is 0 Å². The first-order valence-corrected chi connectivity index (χ1v) is 6.96. The van der Waals surface area contributed by atoms with Crippen LogP contribution in [0.4, 0.5) is 4.79 Å². The predicted molar refractivity (Wildman–Crippen MR) is 81.2 cm³/mol. The standard InChI is InChI=1S/C16H20N2O3/c1-10(2)15(19)14(18-16(20)21-3)8-11-9-17-13-7-5-4-6-12(11)13/h4-7,9-10,14,17H,8H2,1-3H3,(H,18,20). The molecule has 1 amide bonds. The molecule has 21 heavy (non-hydrogen) atoms. The van der Waals surface area contributed by atoms with Gasteiger partial charge in [-0.15, -0.1) is 0 Å². The molecule has 2 rings (SSSR count). The number of alkyl carbamates (subject to hydrolysis) is 1. The van der Waals surface area contributed by atoms with Gasteiger partial charge in [-0.25, -0.2) is 4.79 Å². The fourth-order valence-corrected chi connectivity index (χ4v) is 2.35. The summed E-state index contributed by atoms with van der Waals surface area (Å²) in [4.78, 5) is 26.9. The van der Waals surface area contributed by atoms with E-state index in [0.717, 1.165) is 16.5 Å². The molecular weight excluding hydrogens is 268 g/mol. The molecule has 2 N–H and O–H groups in total. The van der Waals surface area contributed by atoms with Gasteiger partial charge in [0.05, 0.1) is 13.2 Å². The van der Waals surface area contributed by atoms with Crippen LogP contribution >= 0.6 is 0 Å². The second-order valence-corrected chi connectivity index (χ2v) is 5.31. The first-order chi connectivity index (χ1) is 10.0. The molecule has 0 spiro atoms. The van der Waals surface area contributed by atoms with Gasteiger partial charge in [-0.05, 0) is 11.6 Å². The summed E-state index contributed by atoms with van der Waals surface area (Å²) in [5, 5.41) is 3.69. The zero-order chi connectivity index (χ0) is 15.4. The number of para-hydroxylation sites is 1. The summed E-state index contributed by atoms with van der Waals surface area (Å²) in [6.45, 7) is 3.65. The molecule has 0 fully saturated rings. The zero-order valence-corrected chi connectivity index (χ0v) is 12.5. The molecule has 5 nitrogen and oxygen atoms in total. The van der Waals surface area contributed by atoms with Gasteiger partial charge in [0, 0.05) is 29.4 Å². The summed E-state index contributed by atoms with van der Waals surface area (Å²) < 4.78 is 4.61. The molecule has 0 aliphatic rings. The fourth-order valence-electron chi connectivity index (χ4n) is 2.35. The molecule has 0 aliphatic heterocycles. The number of methoxy groups -OCH3 is 1. The third-order valence-corrected chi connectivity index (χ3v) is 3.49. The minimum absolute atomic E-state index is 0.00863. The quantitative estimate of drug-likeness (QED) is 0.888. The van der Waals surface area contributed by atoms with E-state index < -0.39 is 12.1 Å². The molecule has 2 aromatic rings. The Kier molecular flexibility index (Phi) is 4.62. The maximum atomic E-state index is 12.3. The highest BCUT2D eigenvalue weighted by Crippen LogP contribution is 2.20. The van der Waals surface area contributed by atoms with E-state index in [0.29, 0.717) is 6.42 Å². The lowest BCUT2D eigenvalue weighted by molar-refractivity contribution is -0.123. The number of ketones is 1. The Morgan fingerprint density at radius 3 is 2.67 bits per heavy atom. The maximum Gasteiger partial charge on any atom is 0.407 e. The van der Waals surface area contributed by atoms with Crippen molar-refractivity contribution in [3.63, 3.8) is 0 Å². The highest BCUT2D eigenvalue weighted by molar-refractivity contribution is 5.90. The Morgan fingerprint density at radius 1 is 1.29 bits per heavy atom. The number of hydrogen-bond acceptors (Lipinski definition) is 3. The molecule has 0 saturated carbocycles. The van der Waals surface area contributed by atoms with E-state index in [4.69, 9.17) is 0 Å². The summed E-state index contributed by atoms with van der Waals surface area (Å²) >= 11 is 0. The van der Waals surface area contributed by atoms with Gasteiger partial charge in [-0.2, -0.15) is 0 Å². The second kappa shape index (κ2) is 6.43. The molecule has 0 bridgehead atoms. The van der Waals surface area contributed by atoms with Crippen molar-refractivity contribution in [2.24, 2.45) is 5.92 Å². The number of carbonyl (C=O) groups is 2. The molecule has 0 radical (unpaired) electrons. The average molecular weight is 288 g/mol. The minimum atomic E-state index is -0.589. The number of benzene rings is 1. The van der Waals surface area contributed by atoms with Crippen molar-refractivity contribution in [1.82, 2.24) is 10.3 Å². The van der Waals surface area contributed by atoms with E-state index in [1.807, 2.05) is 44.3 Å². The van der Waals surface area contributed by atoms with Gasteiger partial charge < -0.3 is 15.0 Å². The lowest BCUT2D eigenvalue weighted by Gasteiger charge is -2.18. The first kappa shape index (κ1) is 15.1. The van der Waals surface area contributed by atoms with Gasteiger partial charge in [0.15, 0.2) is 5.78 Å². The number of Topliss-reactive ketones (excluding diaryl/α,β-unsaturated/α-hetero) is 1. The minimum Gasteiger partial charge on any atom is -0.453 e. The number of carbonyl (C=O) groups excluding carboxylic acids is 2. The van der Waals surface area contributed by atoms with E-state index in [1.165, 1.54) is 7.11 Å². The summed E-state index contributed by atoms with van der Waals surface area (Å²) in [5.74, 6) is -0.164. The molecule has 112 valence electrons. The van der Waals surface area contributed by atoms with Crippen molar-refractivity contribution in [1.29, 1.82) is 0 Å². The number of aromatic nitrogens is 1. The van der Waals surface area contributed by atoms with Crippen molar-refractivity contribution < 1.29 is 14.3 Å². The first-order valence-electron chi connectivity index (χ1n) is 6.96. The highest BCUT2D eigenvalue weighted by atomic mass is 16.5. The van der Waals surface area contributed by atoms with Crippen LogP contribution in [0.25, 0.3) is 10.9 Å². The van der Waals surface area contributed by atoms with E-state index in [-0.39, 0.29) is 11.7 Å². The van der Waals surface area contributed by atoms with Crippen molar-refractivity contribution >= 4 is 22.8 Å². The van der Waals surface area contributed by atoms with Crippen LogP contribution in [-0.2, 0) is 16.0 Å². The Balaban J connectivity index is 2.25. The lowest BCUT2D eigenvalue weighted by atomic mass is 9.95. The molecular formula is C16H20N2O3. The summed E-state index contributed by atoms with van der Waals surface area (Å²) in [5.41, 5.74) is 2.02. The zero-order valence-electron chi connectivity index (χ0n) is 12.5. The summed E-state index contributed by atoms with van der Waals surface area (Å²) in [6, 6.07) is 7.29. The molecule has 0 saturated heterocycles. The highest BCUT2D eigenvalue weighted by Gasteiger charge is 2.24. The van der Waals surface area contributed by atoms with Crippen LogP contribution in [0.2, 0.25) is 0 Å². The Bertz CT molecular complexity index is 646.